The van der Waals surface area contributed by atoms with Gasteiger partial charge < -0.3 is 45.1 Å². The van der Waals surface area contributed by atoms with Crippen molar-refractivity contribution in [2.75, 3.05) is 13.2 Å². The summed E-state index contributed by atoms with van der Waals surface area (Å²) in [6, 6.07) is -1.02. The van der Waals surface area contributed by atoms with Crippen LogP contribution in [-0.4, -0.2) is 99.6 Å². The van der Waals surface area contributed by atoms with Crippen LogP contribution >= 0.6 is 0 Å². The molecule has 11 nitrogen and oxygen atoms in total. The molecule has 1 rings (SSSR count). The number of carbonyl (C=O) groups excluding carboxylic acids is 2. The molecule has 0 bridgehead atoms. The van der Waals surface area contributed by atoms with Gasteiger partial charge in [-0.1, -0.05) is 274 Å². The second kappa shape index (κ2) is 54.9. The largest absolute Gasteiger partial charge is 0.454 e. The van der Waals surface area contributed by atoms with E-state index >= 15 is 0 Å². The molecule has 0 saturated carbocycles. The molecule has 0 aromatic rings. The van der Waals surface area contributed by atoms with Crippen molar-refractivity contribution in [3.8, 4) is 0 Å². The van der Waals surface area contributed by atoms with Gasteiger partial charge in [0.15, 0.2) is 12.4 Å². The normalized spacial score (nSPS) is 19.3. The van der Waals surface area contributed by atoms with Gasteiger partial charge in [-0.15, -0.1) is 0 Å². The lowest BCUT2D eigenvalue weighted by Crippen LogP contribution is -2.61. The molecule has 1 heterocycles. The highest BCUT2D eigenvalue weighted by Crippen LogP contribution is 2.26. The fourth-order valence-electron chi connectivity index (χ4n) is 9.99. The first-order valence-corrected chi connectivity index (χ1v) is 32.6. The van der Waals surface area contributed by atoms with Gasteiger partial charge in [0.2, 0.25) is 5.91 Å². The number of carbonyl (C=O) groups is 2. The molecule has 0 aromatic heterocycles. The standard InChI is InChI=1S/C67H121NO10/c1-4-7-10-13-16-19-22-24-25-26-27-28-29-30-31-32-33-34-35-37-40-43-46-49-52-55-62(72)78-65-64(74)63(73)61(56-69)77-67(65)76-57-58(59(70)53-50-47-44-41-38-21-18-15-12-9-6-3)68-66(75)60(71)54-51-48-45-42-39-36-23-20-17-14-11-8-5-2/h16,19,24-25,27-28,30-31,50,53,58-61,63-65,67,69-71,73-74H,4-15,17-18,20-23,26,29,32-49,51-52,54-57H2,1-3H3,(H,68,75)/b19-16-,25-24-,28-27-,31-30-,53-50+. The van der Waals surface area contributed by atoms with Crippen LogP contribution in [-0.2, 0) is 23.8 Å². The van der Waals surface area contributed by atoms with Crippen LogP contribution in [0.3, 0.4) is 0 Å². The van der Waals surface area contributed by atoms with Gasteiger partial charge in [0.25, 0.3) is 0 Å². The van der Waals surface area contributed by atoms with Crippen molar-refractivity contribution in [1.82, 2.24) is 5.32 Å². The van der Waals surface area contributed by atoms with Crippen LogP contribution in [0.4, 0.5) is 0 Å². The predicted molar refractivity (Wildman–Crippen MR) is 324 cm³/mol. The third kappa shape index (κ3) is 42.2. The molecule has 1 amide bonds. The van der Waals surface area contributed by atoms with E-state index in [1.165, 1.54) is 154 Å². The highest BCUT2D eigenvalue weighted by molar-refractivity contribution is 5.80. The van der Waals surface area contributed by atoms with Crippen LogP contribution in [0, 0.1) is 0 Å². The Bertz CT molecular complexity index is 1500. The monoisotopic (exact) mass is 1100 g/mol. The number of rotatable bonds is 55. The van der Waals surface area contributed by atoms with Crippen LogP contribution < -0.4 is 5.32 Å². The van der Waals surface area contributed by atoms with Gasteiger partial charge >= 0.3 is 5.97 Å². The number of amides is 1. The Hall–Kier alpha value is -2.64. The number of unbranched alkanes of at least 4 members (excludes halogenated alkanes) is 33. The lowest BCUT2D eigenvalue weighted by molar-refractivity contribution is -0.305. The molecule has 1 saturated heterocycles. The van der Waals surface area contributed by atoms with Gasteiger partial charge in [-0.2, -0.15) is 0 Å². The third-order valence-corrected chi connectivity index (χ3v) is 15.2. The van der Waals surface area contributed by atoms with Gasteiger partial charge in [-0.05, 0) is 70.6 Å². The summed E-state index contributed by atoms with van der Waals surface area (Å²) in [7, 11) is 0. The number of hydrogen-bond acceptors (Lipinski definition) is 10. The van der Waals surface area contributed by atoms with Crippen LogP contribution in [0.15, 0.2) is 60.8 Å². The second-order valence-corrected chi connectivity index (χ2v) is 22.5. The molecule has 8 atom stereocenters. The third-order valence-electron chi connectivity index (χ3n) is 15.2. The van der Waals surface area contributed by atoms with Crippen molar-refractivity contribution < 1.29 is 49.3 Å². The Morgan fingerprint density at radius 1 is 0.500 bits per heavy atom. The van der Waals surface area contributed by atoms with Crippen molar-refractivity contribution in [3.05, 3.63) is 60.8 Å². The summed E-state index contributed by atoms with van der Waals surface area (Å²) in [5, 5.41) is 57.0. The first-order valence-electron chi connectivity index (χ1n) is 32.6. The van der Waals surface area contributed by atoms with Crippen molar-refractivity contribution in [3.63, 3.8) is 0 Å². The van der Waals surface area contributed by atoms with E-state index in [0.29, 0.717) is 19.3 Å². The second-order valence-electron chi connectivity index (χ2n) is 22.5. The Labute approximate surface area is 478 Å². The van der Waals surface area contributed by atoms with Crippen LogP contribution in [0.2, 0.25) is 0 Å². The number of ether oxygens (including phenoxy) is 3. The molecule has 6 N–H and O–H groups in total. The van der Waals surface area contributed by atoms with E-state index in [4.69, 9.17) is 14.2 Å². The SMILES string of the molecule is CCCCC/C=C\C/C=C\C/C=C\C/C=C\CCCCCCCCCCCC(=O)OC1C(OCC(NC(=O)C(O)CCCCCCCCCCCCCCC)C(O)/C=C/CCCCCCCCCCC)OC(CO)C(O)C1O. The highest BCUT2D eigenvalue weighted by atomic mass is 16.7. The zero-order valence-electron chi connectivity index (χ0n) is 50.3. The first kappa shape index (κ1) is 73.4. The quantitative estimate of drug-likeness (QED) is 0.0195. The maximum atomic E-state index is 13.4. The number of allylic oxidation sites excluding steroid dienone is 9. The topological polar surface area (TPSA) is 175 Å². The molecule has 454 valence electrons. The van der Waals surface area contributed by atoms with Gasteiger partial charge in [0, 0.05) is 6.42 Å². The van der Waals surface area contributed by atoms with E-state index in [-0.39, 0.29) is 13.0 Å². The van der Waals surface area contributed by atoms with Crippen molar-refractivity contribution in [2.45, 2.75) is 339 Å². The lowest BCUT2D eigenvalue weighted by Gasteiger charge is -2.41. The van der Waals surface area contributed by atoms with Crippen LogP contribution in [0.5, 0.6) is 0 Å². The van der Waals surface area contributed by atoms with Gasteiger partial charge in [-0.25, -0.2) is 0 Å². The summed E-state index contributed by atoms with van der Waals surface area (Å²) in [6.07, 6.45) is 58.3. The summed E-state index contributed by atoms with van der Waals surface area (Å²) in [4.78, 5) is 26.5. The van der Waals surface area contributed by atoms with E-state index in [1.807, 2.05) is 6.08 Å². The summed E-state index contributed by atoms with van der Waals surface area (Å²) in [5.74, 6) is -1.19. The average Bonchev–Trinajstić information content (AvgIpc) is 3.44. The summed E-state index contributed by atoms with van der Waals surface area (Å²) in [5.41, 5.74) is 0. The maximum absolute atomic E-state index is 13.4. The minimum absolute atomic E-state index is 0.116. The fourth-order valence-corrected chi connectivity index (χ4v) is 9.99. The molecule has 11 heteroatoms. The smallest absolute Gasteiger partial charge is 0.306 e. The number of nitrogens with one attached hydrogen (secondary N) is 1. The van der Waals surface area contributed by atoms with E-state index < -0.39 is 67.4 Å². The zero-order chi connectivity index (χ0) is 56.8. The Balaban J connectivity index is 2.58. The van der Waals surface area contributed by atoms with Gasteiger partial charge in [0.05, 0.1) is 25.4 Å². The van der Waals surface area contributed by atoms with E-state index in [0.717, 1.165) is 89.9 Å². The lowest BCUT2D eigenvalue weighted by atomic mass is 9.99. The van der Waals surface area contributed by atoms with E-state index in [1.54, 1.807) is 6.08 Å². The molecule has 8 unspecified atom stereocenters. The summed E-state index contributed by atoms with van der Waals surface area (Å²) in [6.45, 7) is 5.76. The number of hydrogen-bond donors (Lipinski definition) is 6. The molecular formula is C67H121NO10. The Morgan fingerprint density at radius 3 is 1.35 bits per heavy atom. The maximum Gasteiger partial charge on any atom is 0.306 e. The van der Waals surface area contributed by atoms with Crippen molar-refractivity contribution in [1.29, 1.82) is 0 Å². The molecule has 78 heavy (non-hydrogen) atoms. The molecule has 0 aromatic carbocycles. The summed E-state index contributed by atoms with van der Waals surface area (Å²) >= 11 is 0. The van der Waals surface area contributed by atoms with Crippen LogP contribution in [0.25, 0.3) is 0 Å². The van der Waals surface area contributed by atoms with Crippen molar-refractivity contribution >= 4 is 11.9 Å². The number of esters is 1. The molecule has 0 spiro atoms. The van der Waals surface area contributed by atoms with Crippen LogP contribution in [0.1, 0.15) is 290 Å². The number of aliphatic hydroxyl groups excluding tert-OH is 5. The van der Waals surface area contributed by atoms with E-state index in [2.05, 4.69) is 74.7 Å². The molecule has 1 aliphatic rings. The van der Waals surface area contributed by atoms with Crippen molar-refractivity contribution in [2.24, 2.45) is 0 Å². The average molecular weight is 1100 g/mol. The first-order chi connectivity index (χ1) is 38.2. The number of aliphatic hydroxyl groups is 5. The van der Waals surface area contributed by atoms with E-state index in [9.17, 15) is 35.1 Å². The molecule has 1 aliphatic heterocycles. The molecular weight excluding hydrogens is 979 g/mol. The molecule has 0 aliphatic carbocycles. The fraction of sp³-hybridized carbons (Fsp3) is 0.821. The minimum Gasteiger partial charge on any atom is -0.454 e. The summed E-state index contributed by atoms with van der Waals surface area (Å²) < 4.78 is 17.6. The Morgan fingerprint density at radius 2 is 0.885 bits per heavy atom. The van der Waals surface area contributed by atoms with Gasteiger partial charge in [0.1, 0.15) is 24.4 Å². The highest BCUT2D eigenvalue weighted by Gasteiger charge is 2.47. The molecule has 1 fully saturated rings. The predicted octanol–water partition coefficient (Wildman–Crippen LogP) is 15.8. The van der Waals surface area contributed by atoms with Gasteiger partial charge in [-0.3, -0.25) is 9.59 Å². The molecule has 0 radical (unpaired) electrons. The minimum atomic E-state index is -1.62. The zero-order valence-corrected chi connectivity index (χ0v) is 50.3. The Kier molecular flexibility index (Phi) is 51.7.